The molecule has 21 heavy (non-hydrogen) atoms. The molecule has 1 heterocycles. The molecular weight excluding hydrogens is 266 g/mol. The number of carbonyl (C=O) groups is 1. The number of carbonyl (C=O) groups excluding carboxylic acids is 1. The van der Waals surface area contributed by atoms with Crippen LogP contribution in [0.5, 0.6) is 0 Å². The second kappa shape index (κ2) is 8.11. The molecule has 0 bridgehead atoms. The molecule has 0 radical (unpaired) electrons. The van der Waals surface area contributed by atoms with Crippen LogP contribution in [-0.4, -0.2) is 66.7 Å². The lowest BCUT2D eigenvalue weighted by Crippen LogP contribution is -2.58. The Hall–Kier alpha value is -0.650. The van der Waals surface area contributed by atoms with Gasteiger partial charge in [0.25, 0.3) is 0 Å². The lowest BCUT2D eigenvalue weighted by Gasteiger charge is -2.47. The van der Waals surface area contributed by atoms with Crippen LogP contribution >= 0.6 is 0 Å². The molecule has 0 spiro atoms. The molecule has 2 N–H and O–H groups in total. The van der Waals surface area contributed by atoms with Gasteiger partial charge < -0.3 is 15.4 Å². The normalized spacial score (nSPS) is 28.0. The summed E-state index contributed by atoms with van der Waals surface area (Å²) in [5.74, 6) is 0.231. The average molecular weight is 297 g/mol. The van der Waals surface area contributed by atoms with Gasteiger partial charge in [-0.05, 0) is 26.7 Å². The zero-order valence-corrected chi connectivity index (χ0v) is 13.6. The Morgan fingerprint density at radius 2 is 2.05 bits per heavy atom. The zero-order valence-electron chi connectivity index (χ0n) is 13.6. The topological polar surface area (TPSA) is 58.8 Å². The number of nitrogens with zero attached hydrogens (tertiary/aromatic N) is 2. The van der Waals surface area contributed by atoms with E-state index in [0.717, 1.165) is 32.7 Å². The molecule has 2 aliphatic rings. The fourth-order valence-electron chi connectivity index (χ4n) is 3.82. The van der Waals surface area contributed by atoms with Crippen molar-refractivity contribution in [2.75, 3.05) is 32.8 Å². The Labute approximate surface area is 128 Å². The number of ether oxygens (including phenoxy) is 1. The molecule has 1 aliphatic heterocycles. The minimum atomic E-state index is 0.160. The van der Waals surface area contributed by atoms with Gasteiger partial charge in [-0.1, -0.05) is 12.8 Å². The molecule has 5 heteroatoms. The average Bonchev–Trinajstić information content (AvgIpc) is 2.53. The van der Waals surface area contributed by atoms with E-state index in [1.807, 2.05) is 18.7 Å². The maximum Gasteiger partial charge on any atom is 0.224 e. The van der Waals surface area contributed by atoms with Crippen LogP contribution in [0, 0.1) is 0 Å². The van der Waals surface area contributed by atoms with E-state index in [-0.39, 0.29) is 11.9 Å². The van der Waals surface area contributed by atoms with Gasteiger partial charge in [-0.2, -0.15) is 0 Å². The molecule has 5 nitrogen and oxygen atoms in total. The summed E-state index contributed by atoms with van der Waals surface area (Å²) in [5, 5.41) is 0. The van der Waals surface area contributed by atoms with Gasteiger partial charge in [0.05, 0.1) is 12.7 Å². The molecular formula is C16H31N3O2. The van der Waals surface area contributed by atoms with Crippen molar-refractivity contribution >= 4 is 5.91 Å². The summed E-state index contributed by atoms with van der Waals surface area (Å²) in [6.07, 6.45) is 5.76. The van der Waals surface area contributed by atoms with Crippen LogP contribution in [-0.2, 0) is 9.53 Å². The van der Waals surface area contributed by atoms with E-state index in [1.165, 1.54) is 19.3 Å². The molecule has 3 atom stereocenters. The first-order chi connectivity index (χ1) is 10.2. The van der Waals surface area contributed by atoms with Gasteiger partial charge in [0.15, 0.2) is 0 Å². The maximum atomic E-state index is 12.4. The number of rotatable bonds is 6. The van der Waals surface area contributed by atoms with Crippen molar-refractivity contribution < 1.29 is 9.53 Å². The molecule has 122 valence electrons. The number of hydrogen-bond acceptors (Lipinski definition) is 4. The highest BCUT2D eigenvalue weighted by molar-refractivity contribution is 5.76. The van der Waals surface area contributed by atoms with Gasteiger partial charge in [0.2, 0.25) is 5.91 Å². The summed E-state index contributed by atoms with van der Waals surface area (Å²) in [6, 6.07) is 0.623. The molecule has 1 aliphatic carbocycles. The fourth-order valence-corrected chi connectivity index (χ4v) is 3.82. The van der Waals surface area contributed by atoms with Crippen molar-refractivity contribution in [3.8, 4) is 0 Å². The number of morpholine rings is 1. The van der Waals surface area contributed by atoms with Crippen molar-refractivity contribution in [1.82, 2.24) is 9.80 Å². The molecule has 1 amide bonds. The first-order valence-electron chi connectivity index (χ1n) is 8.56. The third-order valence-corrected chi connectivity index (χ3v) is 5.04. The Morgan fingerprint density at radius 1 is 1.33 bits per heavy atom. The summed E-state index contributed by atoms with van der Waals surface area (Å²) in [4.78, 5) is 16.8. The van der Waals surface area contributed by atoms with E-state index in [4.69, 9.17) is 10.5 Å². The van der Waals surface area contributed by atoms with Gasteiger partial charge in [-0.25, -0.2) is 0 Å². The van der Waals surface area contributed by atoms with Gasteiger partial charge in [-0.3, -0.25) is 9.69 Å². The lowest BCUT2D eigenvalue weighted by atomic mass is 9.88. The molecule has 2 rings (SSSR count). The minimum absolute atomic E-state index is 0.160. The van der Waals surface area contributed by atoms with Crippen molar-refractivity contribution in [2.24, 2.45) is 5.73 Å². The molecule has 3 unspecified atom stereocenters. The Kier molecular flexibility index (Phi) is 6.45. The molecule has 0 aromatic heterocycles. The molecule has 0 aromatic carbocycles. The van der Waals surface area contributed by atoms with Gasteiger partial charge in [0.1, 0.15) is 0 Å². The highest BCUT2D eigenvalue weighted by Gasteiger charge is 2.37. The Balaban J connectivity index is 2.00. The van der Waals surface area contributed by atoms with Crippen molar-refractivity contribution in [2.45, 2.75) is 64.1 Å². The maximum absolute atomic E-state index is 12.4. The summed E-state index contributed by atoms with van der Waals surface area (Å²) in [5.41, 5.74) is 6.00. The third-order valence-electron chi connectivity index (χ3n) is 5.04. The summed E-state index contributed by atoms with van der Waals surface area (Å²) in [6.45, 7) is 7.86. The highest BCUT2D eigenvalue weighted by Crippen LogP contribution is 2.30. The largest absolute Gasteiger partial charge is 0.375 e. The minimum Gasteiger partial charge on any atom is -0.375 e. The SMILES string of the molecule is CCN(CC)C(=O)CC(CN)N1CCOC2CCCCC21. The standard InChI is InChI=1S/C16H31N3O2/c1-3-18(4-2)16(20)11-13(12-17)19-9-10-21-15-8-6-5-7-14(15)19/h13-15H,3-12,17H2,1-2H3. The number of fused-ring (bicyclic) bond motifs is 1. The van der Waals surface area contributed by atoms with Crippen molar-refractivity contribution in [3.05, 3.63) is 0 Å². The second-order valence-electron chi connectivity index (χ2n) is 6.16. The van der Waals surface area contributed by atoms with Gasteiger partial charge in [0, 0.05) is 44.7 Å². The monoisotopic (exact) mass is 297 g/mol. The predicted octanol–water partition coefficient (Wildman–Crippen LogP) is 1.22. The zero-order chi connectivity index (χ0) is 15.2. The fraction of sp³-hybridized carbons (Fsp3) is 0.938. The lowest BCUT2D eigenvalue weighted by molar-refractivity contribution is -0.136. The smallest absolute Gasteiger partial charge is 0.224 e. The van der Waals surface area contributed by atoms with E-state index in [2.05, 4.69) is 4.90 Å². The van der Waals surface area contributed by atoms with E-state index in [1.54, 1.807) is 0 Å². The van der Waals surface area contributed by atoms with Crippen LogP contribution in [0.4, 0.5) is 0 Å². The highest BCUT2D eigenvalue weighted by atomic mass is 16.5. The van der Waals surface area contributed by atoms with Crippen molar-refractivity contribution in [3.63, 3.8) is 0 Å². The quantitative estimate of drug-likeness (QED) is 0.801. The van der Waals surface area contributed by atoms with Gasteiger partial charge >= 0.3 is 0 Å². The van der Waals surface area contributed by atoms with Crippen LogP contribution < -0.4 is 5.73 Å². The first kappa shape index (κ1) is 16.7. The summed E-state index contributed by atoms with van der Waals surface area (Å²) >= 11 is 0. The van der Waals surface area contributed by atoms with E-state index in [9.17, 15) is 4.79 Å². The predicted molar refractivity (Wildman–Crippen MR) is 84.1 cm³/mol. The van der Waals surface area contributed by atoms with E-state index >= 15 is 0 Å². The van der Waals surface area contributed by atoms with Gasteiger partial charge in [-0.15, -0.1) is 0 Å². The van der Waals surface area contributed by atoms with Crippen LogP contribution in [0.25, 0.3) is 0 Å². The van der Waals surface area contributed by atoms with Crippen molar-refractivity contribution in [1.29, 1.82) is 0 Å². The number of hydrogen-bond donors (Lipinski definition) is 1. The third kappa shape index (κ3) is 3.96. The van der Waals surface area contributed by atoms with E-state index < -0.39 is 0 Å². The molecule has 1 saturated heterocycles. The summed E-state index contributed by atoms with van der Waals surface area (Å²) in [7, 11) is 0. The summed E-state index contributed by atoms with van der Waals surface area (Å²) < 4.78 is 5.92. The number of nitrogens with two attached hydrogens (primary N) is 1. The Morgan fingerprint density at radius 3 is 2.71 bits per heavy atom. The molecule has 2 fully saturated rings. The van der Waals surface area contributed by atoms with E-state index in [0.29, 0.717) is 25.1 Å². The Bertz CT molecular complexity index is 331. The van der Waals surface area contributed by atoms with Crippen LogP contribution in [0.1, 0.15) is 46.0 Å². The second-order valence-corrected chi connectivity index (χ2v) is 6.16. The number of amides is 1. The molecule has 0 aromatic rings. The van der Waals surface area contributed by atoms with Crippen LogP contribution in [0.3, 0.4) is 0 Å². The van der Waals surface area contributed by atoms with Crippen LogP contribution in [0.15, 0.2) is 0 Å². The van der Waals surface area contributed by atoms with Crippen LogP contribution in [0.2, 0.25) is 0 Å². The molecule has 1 saturated carbocycles. The first-order valence-corrected chi connectivity index (χ1v) is 8.56.